The van der Waals surface area contributed by atoms with E-state index >= 15 is 0 Å². The number of amides is 1. The van der Waals surface area contributed by atoms with Gasteiger partial charge in [-0.05, 0) is 42.6 Å². The molecule has 0 spiro atoms. The van der Waals surface area contributed by atoms with Crippen molar-refractivity contribution in [2.24, 2.45) is 0 Å². The highest BCUT2D eigenvalue weighted by atomic mass is 32.1. The van der Waals surface area contributed by atoms with Crippen LogP contribution in [-0.4, -0.2) is 43.2 Å². The standard InChI is InChI=1S/C24H22N2O8S/c1-2-31-20-7-5-16(12-19(20)26(29)30)24(28)34-15-23(27)25(14-18-4-3-11-35-18)17-6-8-21-22(13-17)33-10-9-32-21/h3-8,11-13H,2,9-10,14-15H2,1H3. The number of nitrogens with zero attached hydrogens (tertiary/aromatic N) is 2. The Kier molecular flexibility index (Phi) is 7.46. The van der Waals surface area contributed by atoms with E-state index in [0.717, 1.165) is 10.9 Å². The summed E-state index contributed by atoms with van der Waals surface area (Å²) in [5, 5.41) is 13.2. The lowest BCUT2D eigenvalue weighted by atomic mass is 10.2. The fourth-order valence-electron chi connectivity index (χ4n) is 3.43. The van der Waals surface area contributed by atoms with Gasteiger partial charge in [0.15, 0.2) is 23.9 Å². The van der Waals surface area contributed by atoms with Gasteiger partial charge in [-0.2, -0.15) is 0 Å². The van der Waals surface area contributed by atoms with E-state index in [2.05, 4.69) is 0 Å². The number of rotatable bonds is 9. The van der Waals surface area contributed by atoms with Crippen molar-refractivity contribution >= 4 is 34.6 Å². The molecular weight excluding hydrogens is 476 g/mol. The number of thiophene rings is 1. The van der Waals surface area contributed by atoms with Crippen molar-refractivity contribution in [3.8, 4) is 17.2 Å². The molecule has 0 aliphatic carbocycles. The second kappa shape index (κ2) is 10.9. The Morgan fingerprint density at radius 2 is 1.91 bits per heavy atom. The van der Waals surface area contributed by atoms with Crippen molar-refractivity contribution in [2.75, 3.05) is 31.3 Å². The largest absolute Gasteiger partial charge is 0.487 e. The van der Waals surface area contributed by atoms with Crippen molar-refractivity contribution in [2.45, 2.75) is 13.5 Å². The van der Waals surface area contributed by atoms with Crippen LogP contribution in [0.2, 0.25) is 0 Å². The van der Waals surface area contributed by atoms with Gasteiger partial charge in [-0.1, -0.05) is 6.07 Å². The van der Waals surface area contributed by atoms with Crippen molar-refractivity contribution in [3.05, 3.63) is 74.5 Å². The predicted molar refractivity (Wildman–Crippen MR) is 127 cm³/mol. The lowest BCUT2D eigenvalue weighted by molar-refractivity contribution is -0.385. The molecule has 2 aromatic carbocycles. The summed E-state index contributed by atoms with van der Waals surface area (Å²) >= 11 is 1.49. The second-order valence-corrected chi connectivity index (χ2v) is 8.37. The minimum absolute atomic E-state index is 0.0471. The van der Waals surface area contributed by atoms with Crippen LogP contribution in [0, 0.1) is 10.1 Å². The Hall–Kier alpha value is -4.12. The summed E-state index contributed by atoms with van der Waals surface area (Å²) in [6.07, 6.45) is 0. The molecule has 0 saturated carbocycles. The zero-order chi connectivity index (χ0) is 24.8. The quantitative estimate of drug-likeness (QED) is 0.245. The minimum atomic E-state index is -0.859. The maximum absolute atomic E-state index is 13.1. The summed E-state index contributed by atoms with van der Waals surface area (Å²) in [5.74, 6) is -0.166. The third-order valence-electron chi connectivity index (χ3n) is 5.05. The van der Waals surface area contributed by atoms with Crippen LogP contribution in [0.4, 0.5) is 11.4 Å². The molecule has 1 aliphatic rings. The number of anilines is 1. The molecule has 182 valence electrons. The highest BCUT2D eigenvalue weighted by molar-refractivity contribution is 7.09. The van der Waals surface area contributed by atoms with Gasteiger partial charge in [-0.3, -0.25) is 14.9 Å². The maximum atomic E-state index is 13.1. The SMILES string of the molecule is CCOc1ccc(C(=O)OCC(=O)N(Cc2cccs2)c2ccc3c(c2)OCCO3)cc1[N+](=O)[O-]. The summed E-state index contributed by atoms with van der Waals surface area (Å²) in [4.78, 5) is 38.8. The Bertz CT molecular complexity index is 1230. The normalized spacial score (nSPS) is 12.0. The number of esters is 1. The van der Waals surface area contributed by atoms with E-state index in [1.54, 1.807) is 25.1 Å². The zero-order valence-corrected chi connectivity index (χ0v) is 19.6. The summed E-state index contributed by atoms with van der Waals surface area (Å²) in [6.45, 7) is 2.49. The third kappa shape index (κ3) is 5.69. The van der Waals surface area contributed by atoms with E-state index < -0.39 is 23.4 Å². The van der Waals surface area contributed by atoms with Crippen molar-refractivity contribution in [1.29, 1.82) is 0 Å². The van der Waals surface area contributed by atoms with Crippen LogP contribution in [0.25, 0.3) is 0 Å². The molecule has 0 radical (unpaired) electrons. The van der Waals surface area contributed by atoms with Gasteiger partial charge in [0.05, 0.1) is 23.6 Å². The second-order valence-electron chi connectivity index (χ2n) is 7.34. The Morgan fingerprint density at radius 1 is 1.11 bits per heavy atom. The first-order valence-corrected chi connectivity index (χ1v) is 11.6. The molecule has 3 aromatic rings. The molecule has 10 nitrogen and oxygen atoms in total. The summed E-state index contributed by atoms with van der Waals surface area (Å²) in [5.41, 5.74) is 0.140. The van der Waals surface area contributed by atoms with Gasteiger partial charge in [0.25, 0.3) is 5.91 Å². The van der Waals surface area contributed by atoms with Crippen molar-refractivity contribution in [3.63, 3.8) is 0 Å². The van der Waals surface area contributed by atoms with E-state index in [1.807, 2.05) is 17.5 Å². The molecular formula is C24H22N2O8S. The number of nitro groups is 1. The number of carbonyl (C=O) groups excluding carboxylic acids is 2. The highest BCUT2D eigenvalue weighted by Gasteiger charge is 2.23. The number of ether oxygens (including phenoxy) is 4. The van der Waals surface area contributed by atoms with Crippen molar-refractivity contribution in [1.82, 2.24) is 0 Å². The fourth-order valence-corrected chi connectivity index (χ4v) is 4.13. The van der Waals surface area contributed by atoms with Gasteiger partial charge in [0.1, 0.15) is 13.2 Å². The maximum Gasteiger partial charge on any atom is 0.338 e. The van der Waals surface area contributed by atoms with E-state index in [9.17, 15) is 19.7 Å². The topological polar surface area (TPSA) is 117 Å². The molecule has 1 amide bonds. The summed E-state index contributed by atoms with van der Waals surface area (Å²) < 4.78 is 21.6. The first-order chi connectivity index (χ1) is 17.0. The Labute approximate surface area is 204 Å². The lowest BCUT2D eigenvalue weighted by Crippen LogP contribution is -2.34. The van der Waals surface area contributed by atoms with Crippen LogP contribution in [0.15, 0.2) is 53.9 Å². The zero-order valence-electron chi connectivity index (χ0n) is 18.8. The molecule has 1 aliphatic heterocycles. The summed E-state index contributed by atoms with van der Waals surface area (Å²) in [6, 6.07) is 12.7. The van der Waals surface area contributed by atoms with Gasteiger partial charge in [0, 0.05) is 22.7 Å². The first kappa shape index (κ1) is 24.0. The monoisotopic (exact) mass is 498 g/mol. The molecule has 35 heavy (non-hydrogen) atoms. The van der Waals surface area contributed by atoms with Crippen LogP contribution in [0.1, 0.15) is 22.2 Å². The van der Waals surface area contributed by atoms with Gasteiger partial charge >= 0.3 is 11.7 Å². The molecule has 4 rings (SSSR count). The van der Waals surface area contributed by atoms with Crippen LogP contribution >= 0.6 is 11.3 Å². The van der Waals surface area contributed by atoms with Crippen molar-refractivity contribution < 1.29 is 33.5 Å². The van der Waals surface area contributed by atoms with Gasteiger partial charge in [0.2, 0.25) is 0 Å². The molecule has 0 N–H and O–H groups in total. The number of benzene rings is 2. The molecule has 0 unspecified atom stereocenters. The molecule has 0 fully saturated rings. The highest BCUT2D eigenvalue weighted by Crippen LogP contribution is 2.35. The third-order valence-corrected chi connectivity index (χ3v) is 5.91. The predicted octanol–water partition coefficient (Wildman–Crippen LogP) is 4.22. The average molecular weight is 499 g/mol. The Balaban J connectivity index is 1.51. The fraction of sp³-hybridized carbons (Fsp3) is 0.250. The Morgan fingerprint density at radius 3 is 2.63 bits per heavy atom. The number of carbonyl (C=O) groups is 2. The molecule has 11 heteroatoms. The average Bonchev–Trinajstić information content (AvgIpc) is 3.39. The molecule has 2 heterocycles. The van der Waals surface area contributed by atoms with Crippen LogP contribution in [-0.2, 0) is 16.1 Å². The van der Waals surface area contributed by atoms with E-state index in [4.69, 9.17) is 18.9 Å². The smallest absolute Gasteiger partial charge is 0.338 e. The molecule has 0 saturated heterocycles. The molecule has 0 atom stereocenters. The van der Waals surface area contributed by atoms with E-state index in [0.29, 0.717) is 30.4 Å². The first-order valence-electron chi connectivity index (χ1n) is 10.8. The number of nitro benzene ring substituents is 1. The van der Waals surface area contributed by atoms with Gasteiger partial charge in [-0.25, -0.2) is 4.79 Å². The van der Waals surface area contributed by atoms with Crippen LogP contribution < -0.4 is 19.1 Å². The molecule has 1 aromatic heterocycles. The van der Waals surface area contributed by atoms with Crippen LogP contribution in [0.5, 0.6) is 17.2 Å². The van der Waals surface area contributed by atoms with Gasteiger partial charge < -0.3 is 23.8 Å². The van der Waals surface area contributed by atoms with Gasteiger partial charge in [-0.15, -0.1) is 11.3 Å². The number of hydrogen-bond donors (Lipinski definition) is 0. The number of fused-ring (bicyclic) bond motifs is 1. The lowest BCUT2D eigenvalue weighted by Gasteiger charge is -2.25. The minimum Gasteiger partial charge on any atom is -0.487 e. The summed E-state index contributed by atoms with van der Waals surface area (Å²) in [7, 11) is 0. The van der Waals surface area contributed by atoms with E-state index in [1.165, 1.54) is 28.4 Å². The molecule has 0 bridgehead atoms. The van der Waals surface area contributed by atoms with E-state index in [-0.39, 0.29) is 30.2 Å². The number of hydrogen-bond acceptors (Lipinski definition) is 9. The van der Waals surface area contributed by atoms with Crippen LogP contribution in [0.3, 0.4) is 0 Å².